The number of nitro groups is 1. The lowest BCUT2D eigenvalue weighted by Crippen LogP contribution is -2.30. The van der Waals surface area contributed by atoms with Crippen LogP contribution in [0.25, 0.3) is 6.08 Å². The number of hydrogen-bond donors (Lipinski definition) is 3. The average molecular weight is 619 g/mol. The molecule has 3 N–H and O–H groups in total. The SMILES string of the molecule is Cc1cc([N+](=O)[O-])ccc1NC(=O)CSc1cccc(NC(=O)/C(=C\c2c(F)cccc2Cl)NC(=O)c2ccccc2)c1. The number of carbonyl (C=O) groups excluding carboxylic acids is 3. The molecule has 0 atom stereocenters. The van der Waals surface area contributed by atoms with E-state index in [0.717, 1.165) is 6.08 Å². The van der Waals surface area contributed by atoms with Crippen molar-refractivity contribution in [3.05, 3.63) is 134 Å². The molecule has 0 bridgehead atoms. The predicted octanol–water partition coefficient (Wildman–Crippen LogP) is 6.84. The van der Waals surface area contributed by atoms with Crippen LogP contribution in [-0.2, 0) is 9.59 Å². The van der Waals surface area contributed by atoms with Crippen LogP contribution < -0.4 is 16.0 Å². The molecule has 0 radical (unpaired) electrons. The second-order valence-electron chi connectivity index (χ2n) is 9.09. The molecule has 0 aliphatic heterocycles. The molecule has 9 nitrogen and oxygen atoms in total. The van der Waals surface area contributed by atoms with Crippen molar-refractivity contribution >= 4 is 64.2 Å². The first-order valence-electron chi connectivity index (χ1n) is 12.7. The summed E-state index contributed by atoms with van der Waals surface area (Å²) in [5, 5.41) is 19.0. The van der Waals surface area contributed by atoms with Crippen molar-refractivity contribution in [3.8, 4) is 0 Å². The Balaban J connectivity index is 1.47. The van der Waals surface area contributed by atoms with Crippen LogP contribution in [0, 0.1) is 22.9 Å². The molecule has 0 aromatic heterocycles. The lowest BCUT2D eigenvalue weighted by molar-refractivity contribution is -0.384. The Labute approximate surface area is 255 Å². The lowest BCUT2D eigenvalue weighted by Gasteiger charge is -2.13. The highest BCUT2D eigenvalue weighted by molar-refractivity contribution is 8.00. The first kappa shape index (κ1) is 30.9. The van der Waals surface area contributed by atoms with Gasteiger partial charge in [0.05, 0.1) is 15.7 Å². The molecule has 0 fully saturated rings. The van der Waals surface area contributed by atoms with Crippen molar-refractivity contribution in [3.63, 3.8) is 0 Å². The first-order chi connectivity index (χ1) is 20.6. The van der Waals surface area contributed by atoms with E-state index in [9.17, 15) is 28.9 Å². The maximum absolute atomic E-state index is 14.5. The van der Waals surface area contributed by atoms with E-state index in [1.807, 2.05) is 0 Å². The topological polar surface area (TPSA) is 130 Å². The van der Waals surface area contributed by atoms with Gasteiger partial charge in [-0.2, -0.15) is 0 Å². The number of benzene rings is 4. The highest BCUT2D eigenvalue weighted by Crippen LogP contribution is 2.25. The van der Waals surface area contributed by atoms with Gasteiger partial charge in [0.15, 0.2) is 0 Å². The number of non-ortho nitro benzene ring substituents is 1. The van der Waals surface area contributed by atoms with Crippen molar-refractivity contribution in [2.75, 3.05) is 16.4 Å². The largest absolute Gasteiger partial charge is 0.325 e. The molecule has 0 saturated heterocycles. The van der Waals surface area contributed by atoms with Gasteiger partial charge in [0, 0.05) is 39.5 Å². The number of nitrogens with zero attached hydrogens (tertiary/aromatic N) is 1. The molecule has 0 unspecified atom stereocenters. The number of halogens is 2. The smallest absolute Gasteiger partial charge is 0.272 e. The minimum absolute atomic E-state index is 0.0257. The molecule has 0 heterocycles. The Hall–Kier alpha value is -5.00. The number of thioether (sulfide) groups is 1. The van der Waals surface area contributed by atoms with Crippen LogP contribution in [-0.4, -0.2) is 28.4 Å². The summed E-state index contributed by atoms with van der Waals surface area (Å²) in [6, 6.07) is 23.1. The van der Waals surface area contributed by atoms with Gasteiger partial charge in [-0.1, -0.05) is 41.9 Å². The summed E-state index contributed by atoms with van der Waals surface area (Å²) >= 11 is 7.36. The van der Waals surface area contributed by atoms with E-state index in [1.165, 1.54) is 48.2 Å². The number of carbonyl (C=O) groups is 3. The van der Waals surface area contributed by atoms with Crippen LogP contribution in [0.4, 0.5) is 21.5 Å². The van der Waals surface area contributed by atoms with E-state index in [1.54, 1.807) is 61.5 Å². The van der Waals surface area contributed by atoms with Gasteiger partial charge in [-0.3, -0.25) is 24.5 Å². The van der Waals surface area contributed by atoms with Crippen LogP contribution in [0.2, 0.25) is 5.02 Å². The minimum Gasteiger partial charge on any atom is -0.325 e. The zero-order valence-corrected chi connectivity index (χ0v) is 24.2. The highest BCUT2D eigenvalue weighted by Gasteiger charge is 2.18. The third-order valence-electron chi connectivity index (χ3n) is 5.97. The average Bonchev–Trinajstić information content (AvgIpc) is 2.99. The van der Waals surface area contributed by atoms with Crippen LogP contribution in [0.3, 0.4) is 0 Å². The van der Waals surface area contributed by atoms with Crippen molar-refractivity contribution in [1.29, 1.82) is 0 Å². The number of aryl methyl sites for hydroxylation is 1. The molecule has 43 heavy (non-hydrogen) atoms. The van der Waals surface area contributed by atoms with Gasteiger partial charge in [0.1, 0.15) is 11.5 Å². The third kappa shape index (κ3) is 8.51. The molecule has 0 spiro atoms. The molecule has 218 valence electrons. The lowest BCUT2D eigenvalue weighted by atomic mass is 10.1. The number of nitrogens with one attached hydrogen (secondary N) is 3. The molecule has 12 heteroatoms. The quantitative estimate of drug-likeness (QED) is 0.0772. The maximum Gasteiger partial charge on any atom is 0.272 e. The summed E-state index contributed by atoms with van der Waals surface area (Å²) in [5.41, 5.74) is 1.29. The normalized spacial score (nSPS) is 11.0. The van der Waals surface area contributed by atoms with Gasteiger partial charge >= 0.3 is 0 Å². The summed E-state index contributed by atoms with van der Waals surface area (Å²) in [4.78, 5) is 49.8. The minimum atomic E-state index is -0.725. The fourth-order valence-corrected chi connectivity index (χ4v) is 4.81. The van der Waals surface area contributed by atoms with E-state index in [2.05, 4.69) is 16.0 Å². The van der Waals surface area contributed by atoms with Gasteiger partial charge < -0.3 is 16.0 Å². The van der Waals surface area contributed by atoms with Gasteiger partial charge in [0.25, 0.3) is 17.5 Å². The molecular formula is C31H24ClFN4O5S. The highest BCUT2D eigenvalue weighted by atomic mass is 35.5. The van der Waals surface area contributed by atoms with Gasteiger partial charge in [-0.15, -0.1) is 11.8 Å². The third-order valence-corrected chi connectivity index (χ3v) is 7.30. The summed E-state index contributed by atoms with van der Waals surface area (Å²) in [6.45, 7) is 1.66. The van der Waals surface area contributed by atoms with Gasteiger partial charge in [0.2, 0.25) is 5.91 Å². The standard InChI is InChI=1S/C31H24ClFN4O5S/c1-19-15-22(37(41)42)13-14-27(19)35-29(38)18-43-23-10-5-9-21(16-23)34-31(40)28(17-24-25(32)11-6-12-26(24)33)36-30(39)20-7-3-2-4-8-20/h2-17H,18H2,1H3,(H,34,40)(H,35,38)(H,36,39)/b28-17+. The summed E-state index contributed by atoms with van der Waals surface area (Å²) < 4.78 is 14.5. The van der Waals surface area contributed by atoms with Crippen molar-refractivity contribution in [2.45, 2.75) is 11.8 Å². The Morgan fingerprint density at radius 3 is 2.40 bits per heavy atom. The maximum atomic E-state index is 14.5. The molecule has 0 aliphatic carbocycles. The second kappa shape index (κ2) is 14.3. The van der Waals surface area contributed by atoms with Crippen molar-refractivity contribution in [1.82, 2.24) is 5.32 Å². The number of hydrogen-bond acceptors (Lipinski definition) is 6. The fraction of sp³-hybridized carbons (Fsp3) is 0.0645. The molecule has 0 aliphatic rings. The Bertz CT molecular complexity index is 1710. The molecule has 3 amide bonds. The number of nitro benzene ring substituents is 1. The van der Waals surface area contributed by atoms with Crippen LogP contribution in [0.15, 0.2) is 102 Å². The van der Waals surface area contributed by atoms with E-state index in [-0.39, 0.29) is 33.6 Å². The van der Waals surface area contributed by atoms with Crippen LogP contribution in [0.5, 0.6) is 0 Å². The van der Waals surface area contributed by atoms with Crippen molar-refractivity contribution in [2.24, 2.45) is 0 Å². The zero-order valence-electron chi connectivity index (χ0n) is 22.6. The Morgan fingerprint density at radius 2 is 1.70 bits per heavy atom. The zero-order chi connectivity index (χ0) is 30.9. The first-order valence-corrected chi connectivity index (χ1v) is 14.1. The molecule has 4 rings (SSSR count). The van der Waals surface area contributed by atoms with Crippen LogP contribution >= 0.6 is 23.4 Å². The fourth-order valence-electron chi connectivity index (χ4n) is 3.83. The number of rotatable bonds is 10. The molecule has 4 aromatic carbocycles. The Kier molecular flexibility index (Phi) is 10.3. The van der Waals surface area contributed by atoms with Gasteiger partial charge in [-0.05, 0) is 67.1 Å². The monoisotopic (exact) mass is 618 g/mol. The predicted molar refractivity (Wildman–Crippen MR) is 166 cm³/mol. The van der Waals surface area contributed by atoms with Crippen molar-refractivity contribution < 1.29 is 23.7 Å². The molecule has 4 aromatic rings. The molecule has 0 saturated carbocycles. The van der Waals surface area contributed by atoms with E-state index >= 15 is 0 Å². The van der Waals surface area contributed by atoms with Crippen LogP contribution in [0.1, 0.15) is 21.5 Å². The summed E-state index contributed by atoms with van der Waals surface area (Å²) in [6.07, 6.45) is 1.16. The summed E-state index contributed by atoms with van der Waals surface area (Å²) in [5.74, 6) is -2.28. The van der Waals surface area contributed by atoms with E-state index in [4.69, 9.17) is 11.6 Å². The Morgan fingerprint density at radius 1 is 0.953 bits per heavy atom. The van der Waals surface area contributed by atoms with E-state index < -0.39 is 22.6 Å². The second-order valence-corrected chi connectivity index (χ2v) is 10.5. The number of anilines is 2. The number of amides is 3. The molecular weight excluding hydrogens is 595 g/mol. The van der Waals surface area contributed by atoms with Gasteiger partial charge in [-0.25, -0.2) is 4.39 Å². The summed E-state index contributed by atoms with van der Waals surface area (Å²) in [7, 11) is 0. The van der Waals surface area contributed by atoms with E-state index in [0.29, 0.717) is 27.4 Å².